The standard InChI is InChI=1S/C13H15O.ClH.Zr/c1-2-13(14,11-7-3-4-8-11)12-9-5-6-10-12;;/h3-7,9H,2,8,10H2,1H3;1H;/q-1;;+2/p-1. The molecule has 0 aromatic rings. The van der Waals surface area contributed by atoms with Crippen LogP contribution >= 0.6 is 8.51 Å². The number of hydrogen-bond donors (Lipinski definition) is 0. The second kappa shape index (κ2) is 5.62. The monoisotopic (exact) mass is 312 g/mol. The Kier molecular flexibility index (Phi) is 4.41. The van der Waals surface area contributed by atoms with Crippen LogP contribution in [0.5, 0.6) is 0 Å². The van der Waals surface area contributed by atoms with Crippen LogP contribution in [0.2, 0.25) is 0 Å². The van der Waals surface area contributed by atoms with Crippen LogP contribution in [0.1, 0.15) is 26.2 Å². The first-order chi connectivity index (χ1) is 7.83. The number of rotatable bonds is 5. The quantitative estimate of drug-likeness (QED) is 0.743. The molecule has 0 unspecified atom stereocenters. The van der Waals surface area contributed by atoms with Crippen molar-refractivity contribution < 1.29 is 25.3 Å². The normalized spacial score (nSPS) is 18.9. The van der Waals surface area contributed by atoms with Crippen LogP contribution in [-0.4, -0.2) is 5.60 Å². The van der Waals surface area contributed by atoms with Crippen LogP contribution in [0, 0.1) is 0 Å². The third-order valence-electron chi connectivity index (χ3n) is 3.29. The van der Waals surface area contributed by atoms with E-state index in [1.807, 2.05) is 0 Å². The van der Waals surface area contributed by atoms with E-state index in [1.54, 1.807) is 0 Å². The Morgan fingerprint density at radius 1 is 1.25 bits per heavy atom. The van der Waals surface area contributed by atoms with Gasteiger partial charge in [-0.15, -0.1) is 0 Å². The van der Waals surface area contributed by atoms with Gasteiger partial charge in [-0.05, 0) is 0 Å². The average molecular weight is 314 g/mol. The SMILES string of the molecule is CCC([O][Zr][Cl])(C1=CC=CC1)C1=CC=CC1. The van der Waals surface area contributed by atoms with Gasteiger partial charge >= 0.3 is 113 Å². The molecule has 0 radical (unpaired) electrons. The predicted octanol–water partition coefficient (Wildman–Crippen LogP) is 4.08. The number of halogens is 1. The molecule has 0 bridgehead atoms. The van der Waals surface area contributed by atoms with E-state index in [-0.39, 0.29) is 5.60 Å². The van der Waals surface area contributed by atoms with Crippen molar-refractivity contribution in [2.45, 2.75) is 31.8 Å². The Bertz CT molecular complexity index is 349. The molecule has 0 saturated carbocycles. The van der Waals surface area contributed by atoms with Gasteiger partial charge in [0.15, 0.2) is 0 Å². The summed E-state index contributed by atoms with van der Waals surface area (Å²) in [4.78, 5) is 0. The number of allylic oxidation sites excluding steroid dienone is 6. The van der Waals surface area contributed by atoms with Gasteiger partial charge in [-0.3, -0.25) is 0 Å². The van der Waals surface area contributed by atoms with Crippen molar-refractivity contribution in [3.63, 3.8) is 0 Å². The van der Waals surface area contributed by atoms with Gasteiger partial charge in [0.1, 0.15) is 0 Å². The van der Waals surface area contributed by atoms with Gasteiger partial charge in [0.05, 0.1) is 0 Å². The molecule has 0 fully saturated rings. The van der Waals surface area contributed by atoms with E-state index in [0.717, 1.165) is 19.3 Å². The topological polar surface area (TPSA) is 9.23 Å². The van der Waals surface area contributed by atoms with Gasteiger partial charge in [-0.25, -0.2) is 0 Å². The van der Waals surface area contributed by atoms with Gasteiger partial charge in [0.25, 0.3) is 0 Å². The van der Waals surface area contributed by atoms with E-state index in [9.17, 15) is 0 Å². The first-order valence-corrected chi connectivity index (χ1v) is 9.76. The molecular weight excluding hydrogens is 299 g/mol. The molecule has 84 valence electrons. The minimum atomic E-state index is -1.20. The molecule has 0 aromatic heterocycles. The Balaban J connectivity index is 2.30. The van der Waals surface area contributed by atoms with E-state index in [0.29, 0.717) is 0 Å². The molecular formula is C13H15ClOZr. The maximum atomic E-state index is 6.07. The summed E-state index contributed by atoms with van der Waals surface area (Å²) in [6, 6.07) is 0. The molecule has 0 heterocycles. The van der Waals surface area contributed by atoms with E-state index in [4.69, 9.17) is 11.3 Å². The van der Waals surface area contributed by atoms with E-state index in [1.165, 1.54) is 11.1 Å². The molecule has 0 atom stereocenters. The van der Waals surface area contributed by atoms with Gasteiger partial charge in [0, 0.05) is 0 Å². The second-order valence-corrected chi connectivity index (χ2v) is 5.80. The maximum absolute atomic E-state index is 6.07. The van der Waals surface area contributed by atoms with Crippen LogP contribution in [-0.2, 0) is 25.3 Å². The van der Waals surface area contributed by atoms with Crippen LogP contribution < -0.4 is 0 Å². The molecule has 0 N–H and O–H groups in total. The summed E-state index contributed by atoms with van der Waals surface area (Å²) >= 11 is -1.20. The zero-order valence-corrected chi connectivity index (χ0v) is 12.6. The molecule has 2 aliphatic carbocycles. The van der Waals surface area contributed by atoms with Gasteiger partial charge in [-0.1, -0.05) is 0 Å². The molecule has 3 heteroatoms. The van der Waals surface area contributed by atoms with Crippen molar-refractivity contribution >= 4 is 8.51 Å². The van der Waals surface area contributed by atoms with Crippen molar-refractivity contribution in [2.24, 2.45) is 0 Å². The molecule has 0 aliphatic heterocycles. The first-order valence-electron chi connectivity index (χ1n) is 5.59. The summed E-state index contributed by atoms with van der Waals surface area (Å²) in [6.07, 6.45) is 16.0. The van der Waals surface area contributed by atoms with Crippen LogP contribution in [0.15, 0.2) is 47.6 Å². The minimum absolute atomic E-state index is 0.207. The van der Waals surface area contributed by atoms with Gasteiger partial charge in [0.2, 0.25) is 0 Å². The van der Waals surface area contributed by atoms with Crippen molar-refractivity contribution in [1.29, 1.82) is 0 Å². The van der Waals surface area contributed by atoms with Crippen molar-refractivity contribution in [1.82, 2.24) is 0 Å². The molecule has 0 spiro atoms. The third-order valence-corrected chi connectivity index (χ3v) is 4.79. The number of hydrogen-bond acceptors (Lipinski definition) is 1. The van der Waals surface area contributed by atoms with Crippen LogP contribution in [0.3, 0.4) is 0 Å². The zero-order valence-electron chi connectivity index (χ0n) is 9.37. The summed E-state index contributed by atoms with van der Waals surface area (Å²) in [6.45, 7) is 2.18. The summed E-state index contributed by atoms with van der Waals surface area (Å²) in [5.41, 5.74) is 2.53. The Morgan fingerprint density at radius 3 is 2.12 bits per heavy atom. The second-order valence-electron chi connectivity index (χ2n) is 4.01. The third kappa shape index (κ3) is 2.21. The first kappa shape index (κ1) is 12.5. The Morgan fingerprint density at radius 2 is 1.81 bits per heavy atom. The summed E-state index contributed by atoms with van der Waals surface area (Å²) in [5, 5.41) is 0. The van der Waals surface area contributed by atoms with E-state index >= 15 is 0 Å². The molecule has 0 amide bonds. The summed E-state index contributed by atoms with van der Waals surface area (Å²) in [7, 11) is 5.97. The van der Waals surface area contributed by atoms with Crippen molar-refractivity contribution in [3.05, 3.63) is 47.6 Å². The molecule has 0 saturated heterocycles. The fraction of sp³-hybridized carbons (Fsp3) is 0.385. The predicted molar refractivity (Wildman–Crippen MR) is 63.6 cm³/mol. The van der Waals surface area contributed by atoms with Crippen LogP contribution in [0.4, 0.5) is 0 Å². The fourth-order valence-electron chi connectivity index (χ4n) is 2.42. The average Bonchev–Trinajstić information content (AvgIpc) is 2.98. The molecule has 0 aromatic carbocycles. The summed E-state index contributed by atoms with van der Waals surface area (Å²) in [5.74, 6) is 0. The van der Waals surface area contributed by atoms with E-state index in [2.05, 4.69) is 43.4 Å². The molecule has 2 rings (SSSR count). The van der Waals surface area contributed by atoms with Crippen LogP contribution in [0.25, 0.3) is 0 Å². The van der Waals surface area contributed by atoms with Crippen molar-refractivity contribution in [3.8, 4) is 0 Å². The van der Waals surface area contributed by atoms with E-state index < -0.39 is 22.5 Å². The van der Waals surface area contributed by atoms with Gasteiger partial charge in [-0.2, -0.15) is 0 Å². The zero-order chi connectivity index (χ0) is 11.4. The molecule has 2 aliphatic rings. The summed E-state index contributed by atoms with van der Waals surface area (Å²) < 4.78 is 6.07. The fourth-order valence-corrected chi connectivity index (χ4v) is 4.53. The van der Waals surface area contributed by atoms with Gasteiger partial charge < -0.3 is 0 Å². The Hall–Kier alpha value is 0.0931. The molecule has 1 nitrogen and oxygen atoms in total. The molecule has 16 heavy (non-hydrogen) atoms. The Labute approximate surface area is 113 Å². The van der Waals surface area contributed by atoms with Crippen molar-refractivity contribution in [2.75, 3.05) is 0 Å².